The van der Waals surface area contributed by atoms with Crippen molar-refractivity contribution in [2.45, 2.75) is 76.0 Å². The summed E-state index contributed by atoms with van der Waals surface area (Å²) in [6.07, 6.45) is -7.11. The van der Waals surface area contributed by atoms with Crippen LogP contribution in [0.5, 0.6) is 0 Å². The molecule has 6 rings (SSSR count). The quantitative estimate of drug-likeness (QED) is 0.314. The largest absolute Gasteiger partial charge is 0.456 e. The Balaban J connectivity index is 1.72. The molecule has 2 spiro atoms. The number of fused-ring (bicyclic) bond motifs is 1. The summed E-state index contributed by atoms with van der Waals surface area (Å²) in [4.78, 5) is 38.2. The van der Waals surface area contributed by atoms with Crippen LogP contribution >= 0.6 is 0 Å². The molecule has 0 aromatic heterocycles. The van der Waals surface area contributed by atoms with E-state index in [0.717, 1.165) is 0 Å². The summed E-state index contributed by atoms with van der Waals surface area (Å²) in [6.45, 7) is 7.00. The van der Waals surface area contributed by atoms with E-state index in [1.165, 1.54) is 6.92 Å². The molecule has 164 valence electrons. The Morgan fingerprint density at radius 1 is 1.03 bits per heavy atom. The van der Waals surface area contributed by atoms with Crippen molar-refractivity contribution in [3.05, 3.63) is 0 Å². The Bertz CT molecular complexity index is 925. The highest BCUT2D eigenvalue weighted by molar-refractivity contribution is 5.93. The molecule has 4 aliphatic heterocycles. The number of aliphatic hydroxyl groups is 3. The zero-order valence-electron chi connectivity index (χ0n) is 16.9. The van der Waals surface area contributed by atoms with Gasteiger partial charge in [0, 0.05) is 5.92 Å². The lowest BCUT2D eigenvalue weighted by Crippen LogP contribution is -2.65. The Morgan fingerprint density at radius 2 is 1.70 bits per heavy atom. The molecule has 2 aliphatic carbocycles. The minimum atomic E-state index is -2.24. The van der Waals surface area contributed by atoms with Crippen molar-refractivity contribution in [2.24, 2.45) is 28.1 Å². The van der Waals surface area contributed by atoms with Crippen LogP contribution in [0.3, 0.4) is 0 Å². The highest BCUT2D eigenvalue weighted by Gasteiger charge is 3.03. The van der Waals surface area contributed by atoms with Gasteiger partial charge in [-0.2, -0.15) is 0 Å². The fourth-order valence-corrected chi connectivity index (χ4v) is 8.27. The van der Waals surface area contributed by atoms with Crippen LogP contribution in [0.4, 0.5) is 0 Å². The van der Waals surface area contributed by atoms with E-state index in [-0.39, 0.29) is 6.42 Å². The number of aliphatic hydroxyl groups excluding tert-OH is 2. The van der Waals surface area contributed by atoms with Gasteiger partial charge < -0.3 is 34.3 Å². The smallest absolute Gasteiger partial charge is 0.343 e. The van der Waals surface area contributed by atoms with Gasteiger partial charge in [-0.1, -0.05) is 20.8 Å². The molecule has 4 heterocycles. The third-order valence-corrected chi connectivity index (χ3v) is 8.85. The Labute approximate surface area is 171 Å². The first-order valence-corrected chi connectivity index (χ1v) is 10.2. The van der Waals surface area contributed by atoms with Crippen molar-refractivity contribution in [1.82, 2.24) is 0 Å². The number of esters is 3. The third kappa shape index (κ3) is 1.35. The second kappa shape index (κ2) is 4.69. The molecule has 6 aliphatic rings. The van der Waals surface area contributed by atoms with Gasteiger partial charge in [-0.15, -0.1) is 0 Å². The first kappa shape index (κ1) is 19.0. The summed E-state index contributed by atoms with van der Waals surface area (Å²) in [6, 6.07) is 0. The summed E-state index contributed by atoms with van der Waals surface area (Å²) in [7, 11) is 0. The van der Waals surface area contributed by atoms with E-state index in [9.17, 15) is 29.7 Å². The maximum Gasteiger partial charge on any atom is 0.343 e. The van der Waals surface area contributed by atoms with Crippen LogP contribution in [-0.4, -0.2) is 75.1 Å². The van der Waals surface area contributed by atoms with Crippen molar-refractivity contribution in [3.63, 3.8) is 0 Å². The molecule has 4 saturated heterocycles. The molecule has 11 atom stereocenters. The van der Waals surface area contributed by atoms with Crippen molar-refractivity contribution in [2.75, 3.05) is 0 Å². The van der Waals surface area contributed by atoms with Crippen LogP contribution < -0.4 is 0 Å². The topological polar surface area (TPSA) is 149 Å². The lowest BCUT2D eigenvalue weighted by Gasteiger charge is -2.46. The molecular weight excluding hydrogens is 400 g/mol. The number of hydrogen-bond donors (Lipinski definition) is 3. The summed E-state index contributed by atoms with van der Waals surface area (Å²) in [5.41, 5.74) is -8.15. The molecule has 0 unspecified atom stereocenters. The van der Waals surface area contributed by atoms with Crippen LogP contribution in [0.25, 0.3) is 0 Å². The zero-order valence-corrected chi connectivity index (χ0v) is 16.9. The fourth-order valence-electron chi connectivity index (χ4n) is 8.27. The minimum Gasteiger partial charge on any atom is -0.456 e. The van der Waals surface area contributed by atoms with E-state index in [2.05, 4.69) is 0 Å². The average molecular weight is 424 g/mol. The Morgan fingerprint density at radius 3 is 2.33 bits per heavy atom. The van der Waals surface area contributed by atoms with E-state index >= 15 is 0 Å². The second-order valence-corrected chi connectivity index (χ2v) is 10.7. The highest BCUT2D eigenvalue weighted by Crippen LogP contribution is 2.84. The number of rotatable bonds is 0. The predicted molar refractivity (Wildman–Crippen MR) is 92.0 cm³/mol. The molecular formula is C20H24O10. The van der Waals surface area contributed by atoms with Crippen LogP contribution in [0.1, 0.15) is 34.1 Å². The molecule has 30 heavy (non-hydrogen) atoms. The van der Waals surface area contributed by atoms with Crippen LogP contribution in [0, 0.1) is 28.1 Å². The fraction of sp³-hybridized carbons (Fsp3) is 0.850. The van der Waals surface area contributed by atoms with Crippen LogP contribution in [0.2, 0.25) is 0 Å². The predicted octanol–water partition coefficient (Wildman–Crippen LogP) is -1.37. The lowest BCUT2D eigenvalue weighted by molar-refractivity contribution is -0.240. The van der Waals surface area contributed by atoms with Crippen molar-refractivity contribution < 1.29 is 48.7 Å². The SMILES string of the molecule is C[C@@H]1C(=O)O[C@H]2[C@@H](O)[C@]34[C@@H]5OC(=O)[C@]3(O[C@@H]3OC(=O)C[C@@]34[C@H](C(C)(C)C)[C@H]5O)[C@@]12O. The average Bonchev–Trinajstić information content (AvgIpc) is 3.32. The molecule has 0 aromatic carbocycles. The van der Waals surface area contributed by atoms with Gasteiger partial charge in [0.2, 0.25) is 11.9 Å². The maximum absolute atomic E-state index is 13.4. The maximum atomic E-state index is 13.4. The summed E-state index contributed by atoms with van der Waals surface area (Å²) in [5.74, 6) is -4.24. The van der Waals surface area contributed by atoms with Crippen molar-refractivity contribution in [3.8, 4) is 0 Å². The molecule has 3 N–H and O–H groups in total. The van der Waals surface area contributed by atoms with Gasteiger partial charge in [-0.3, -0.25) is 9.59 Å². The monoisotopic (exact) mass is 424 g/mol. The lowest BCUT2D eigenvalue weighted by atomic mass is 9.52. The summed E-state index contributed by atoms with van der Waals surface area (Å²) < 4.78 is 22.5. The number of hydrogen-bond acceptors (Lipinski definition) is 10. The molecule has 0 radical (unpaired) electrons. The molecule has 10 nitrogen and oxygen atoms in total. The minimum absolute atomic E-state index is 0.228. The van der Waals surface area contributed by atoms with E-state index < -0.39 is 87.9 Å². The third-order valence-electron chi connectivity index (χ3n) is 8.85. The zero-order chi connectivity index (χ0) is 21.8. The number of carbonyl (C=O) groups excluding carboxylic acids is 3. The molecule has 0 aromatic rings. The van der Waals surface area contributed by atoms with E-state index in [1.807, 2.05) is 20.8 Å². The standard InChI is InChI=1S/C20H24O10/c1-6-13(24)28-12-10(23)18-11-8(22)9(16(2,3)4)17(18)5-7(21)27-15(17)30-20(18,14(25)29-11)19(6,12)26/h6,8-12,15,22-23,26H,5H2,1-4H3/t6-,8-,9+,10-,11-,12+,15+,17-,18-,19-,20-/m1/s1. The normalized spacial score (nSPS) is 60.1. The first-order valence-electron chi connectivity index (χ1n) is 10.2. The van der Waals surface area contributed by atoms with Gasteiger partial charge in [0.05, 0.1) is 29.3 Å². The van der Waals surface area contributed by atoms with Gasteiger partial charge in [0.1, 0.15) is 12.2 Å². The Kier molecular flexibility index (Phi) is 2.97. The molecule has 10 heteroatoms. The van der Waals surface area contributed by atoms with Gasteiger partial charge in [0.25, 0.3) is 0 Å². The molecule has 2 saturated carbocycles. The molecule has 6 fully saturated rings. The van der Waals surface area contributed by atoms with E-state index in [0.29, 0.717) is 0 Å². The van der Waals surface area contributed by atoms with Crippen molar-refractivity contribution >= 4 is 17.9 Å². The molecule has 0 bridgehead atoms. The van der Waals surface area contributed by atoms with Gasteiger partial charge in [0.15, 0.2) is 11.7 Å². The summed E-state index contributed by atoms with van der Waals surface area (Å²) >= 11 is 0. The highest BCUT2D eigenvalue weighted by atomic mass is 16.7. The number of carbonyl (C=O) groups is 3. The van der Waals surface area contributed by atoms with Crippen LogP contribution in [0.15, 0.2) is 0 Å². The van der Waals surface area contributed by atoms with Crippen LogP contribution in [-0.2, 0) is 33.3 Å². The second-order valence-electron chi connectivity index (χ2n) is 10.7. The van der Waals surface area contributed by atoms with Gasteiger partial charge >= 0.3 is 17.9 Å². The van der Waals surface area contributed by atoms with E-state index in [1.54, 1.807) is 0 Å². The number of ether oxygens (including phenoxy) is 4. The summed E-state index contributed by atoms with van der Waals surface area (Å²) in [5, 5.41) is 34.8. The Hall–Kier alpha value is -1.75. The van der Waals surface area contributed by atoms with Crippen molar-refractivity contribution in [1.29, 1.82) is 0 Å². The van der Waals surface area contributed by atoms with Gasteiger partial charge in [-0.25, -0.2) is 4.79 Å². The molecule has 0 amide bonds. The first-order chi connectivity index (χ1) is 13.8. The van der Waals surface area contributed by atoms with Gasteiger partial charge in [-0.05, 0) is 12.3 Å². The van der Waals surface area contributed by atoms with E-state index in [4.69, 9.17) is 18.9 Å².